The van der Waals surface area contributed by atoms with Crippen LogP contribution in [0.3, 0.4) is 0 Å². The molecular formula is C19H29NO. The summed E-state index contributed by atoms with van der Waals surface area (Å²) in [7, 11) is 0. The molecule has 116 valence electrons. The van der Waals surface area contributed by atoms with Crippen LogP contribution in [0.4, 0.5) is 0 Å². The van der Waals surface area contributed by atoms with E-state index in [2.05, 4.69) is 52.8 Å². The fourth-order valence-corrected chi connectivity index (χ4v) is 5.28. The summed E-state index contributed by atoms with van der Waals surface area (Å²) in [6.07, 6.45) is 4.40. The van der Waals surface area contributed by atoms with Crippen molar-refractivity contribution in [1.29, 1.82) is 0 Å². The molecule has 3 rings (SSSR count). The monoisotopic (exact) mass is 287 g/mol. The van der Waals surface area contributed by atoms with Crippen molar-refractivity contribution in [3.05, 3.63) is 29.3 Å². The van der Waals surface area contributed by atoms with Gasteiger partial charge in [0.05, 0.1) is 0 Å². The van der Waals surface area contributed by atoms with Gasteiger partial charge in [0.2, 0.25) is 0 Å². The molecule has 1 saturated carbocycles. The average Bonchev–Trinajstić information content (AvgIpc) is 2.25. The molecule has 0 amide bonds. The largest absolute Gasteiger partial charge is 0.487 e. The van der Waals surface area contributed by atoms with E-state index in [0.717, 1.165) is 25.0 Å². The standard InChI is InChI=1S/C19H29NO/c1-13-6-7-16-14(8-13)15(20)9-19(21-16)11-17(2,3)10-18(4,5)12-19/h6-8,15H,9-12,20H2,1-5H3. The number of fused-ring (bicyclic) bond motifs is 1. The maximum atomic E-state index is 6.58. The van der Waals surface area contributed by atoms with Crippen LogP contribution in [-0.2, 0) is 0 Å². The molecule has 0 bridgehead atoms. The molecule has 0 radical (unpaired) electrons. The molecule has 0 aromatic heterocycles. The lowest BCUT2D eigenvalue weighted by Gasteiger charge is -2.54. The minimum absolute atomic E-state index is 0.0904. The predicted molar refractivity (Wildman–Crippen MR) is 87.5 cm³/mol. The van der Waals surface area contributed by atoms with E-state index >= 15 is 0 Å². The van der Waals surface area contributed by atoms with E-state index in [1.165, 1.54) is 17.5 Å². The quantitative estimate of drug-likeness (QED) is 0.747. The van der Waals surface area contributed by atoms with Gasteiger partial charge in [-0.15, -0.1) is 0 Å². The third-order valence-electron chi connectivity index (χ3n) is 5.04. The fraction of sp³-hybridized carbons (Fsp3) is 0.684. The van der Waals surface area contributed by atoms with Gasteiger partial charge < -0.3 is 10.5 Å². The highest BCUT2D eigenvalue weighted by molar-refractivity contribution is 5.41. The highest BCUT2D eigenvalue weighted by Gasteiger charge is 2.51. The van der Waals surface area contributed by atoms with Crippen molar-refractivity contribution in [2.75, 3.05) is 0 Å². The second-order valence-electron chi connectivity index (χ2n) is 9.00. The number of benzene rings is 1. The van der Waals surface area contributed by atoms with Crippen molar-refractivity contribution in [1.82, 2.24) is 0 Å². The first kappa shape index (κ1) is 14.9. The van der Waals surface area contributed by atoms with Crippen LogP contribution in [0, 0.1) is 17.8 Å². The molecule has 1 heterocycles. The van der Waals surface area contributed by atoms with Crippen molar-refractivity contribution in [2.24, 2.45) is 16.6 Å². The van der Waals surface area contributed by atoms with E-state index in [1.807, 2.05) is 0 Å². The average molecular weight is 287 g/mol. The maximum Gasteiger partial charge on any atom is 0.124 e. The molecule has 1 aromatic rings. The van der Waals surface area contributed by atoms with Crippen molar-refractivity contribution < 1.29 is 4.74 Å². The molecule has 1 aromatic carbocycles. The van der Waals surface area contributed by atoms with Crippen LogP contribution in [-0.4, -0.2) is 5.60 Å². The number of aryl methyl sites for hydroxylation is 1. The molecule has 0 saturated heterocycles. The van der Waals surface area contributed by atoms with Gasteiger partial charge in [-0.3, -0.25) is 0 Å². The van der Waals surface area contributed by atoms with E-state index in [9.17, 15) is 0 Å². The van der Waals surface area contributed by atoms with Gasteiger partial charge >= 0.3 is 0 Å². The SMILES string of the molecule is Cc1ccc2c(c1)C(N)CC1(CC(C)(C)CC(C)(C)C1)O2. The maximum absolute atomic E-state index is 6.58. The third kappa shape index (κ3) is 2.83. The summed E-state index contributed by atoms with van der Waals surface area (Å²) in [5, 5.41) is 0. The zero-order valence-corrected chi connectivity index (χ0v) is 14.1. The van der Waals surface area contributed by atoms with E-state index in [-0.39, 0.29) is 11.6 Å². The Morgan fingerprint density at radius 2 is 1.67 bits per heavy atom. The molecule has 1 atom stereocenters. The second kappa shape index (κ2) is 4.49. The van der Waals surface area contributed by atoms with Gasteiger partial charge in [-0.2, -0.15) is 0 Å². The van der Waals surface area contributed by atoms with Crippen LogP contribution >= 0.6 is 0 Å². The molecule has 1 aliphatic heterocycles. The summed E-state index contributed by atoms with van der Waals surface area (Å²) < 4.78 is 6.58. The minimum Gasteiger partial charge on any atom is -0.487 e. The Morgan fingerprint density at radius 3 is 2.29 bits per heavy atom. The molecule has 21 heavy (non-hydrogen) atoms. The van der Waals surface area contributed by atoms with Crippen LogP contribution in [0.25, 0.3) is 0 Å². The first-order valence-corrected chi connectivity index (χ1v) is 8.15. The number of rotatable bonds is 0. The van der Waals surface area contributed by atoms with Crippen LogP contribution in [0.15, 0.2) is 18.2 Å². The normalized spacial score (nSPS) is 28.8. The fourth-order valence-electron chi connectivity index (χ4n) is 5.28. The van der Waals surface area contributed by atoms with E-state index < -0.39 is 0 Å². The Bertz CT molecular complexity index is 543. The summed E-state index contributed by atoms with van der Waals surface area (Å²) in [5.74, 6) is 1.01. The van der Waals surface area contributed by atoms with Crippen molar-refractivity contribution in [2.45, 2.75) is 71.9 Å². The van der Waals surface area contributed by atoms with Crippen LogP contribution in [0.5, 0.6) is 5.75 Å². The second-order valence-corrected chi connectivity index (χ2v) is 9.00. The lowest BCUT2D eigenvalue weighted by molar-refractivity contribution is -0.0839. The van der Waals surface area contributed by atoms with Crippen LogP contribution in [0.1, 0.15) is 70.5 Å². The number of nitrogens with two attached hydrogens (primary N) is 1. The van der Waals surface area contributed by atoms with Gasteiger partial charge in [0.25, 0.3) is 0 Å². The summed E-state index contributed by atoms with van der Waals surface area (Å²) >= 11 is 0. The summed E-state index contributed by atoms with van der Waals surface area (Å²) in [4.78, 5) is 0. The minimum atomic E-state index is -0.0904. The van der Waals surface area contributed by atoms with Crippen molar-refractivity contribution in [3.8, 4) is 5.75 Å². The third-order valence-corrected chi connectivity index (χ3v) is 5.04. The van der Waals surface area contributed by atoms with Crippen molar-refractivity contribution >= 4 is 0 Å². The van der Waals surface area contributed by atoms with Gasteiger partial charge in [0.15, 0.2) is 0 Å². The van der Waals surface area contributed by atoms with E-state index in [0.29, 0.717) is 10.8 Å². The van der Waals surface area contributed by atoms with Gasteiger partial charge in [-0.1, -0.05) is 45.4 Å². The Balaban J connectivity index is 1.99. The summed E-state index contributed by atoms with van der Waals surface area (Å²) in [6.45, 7) is 11.6. The smallest absolute Gasteiger partial charge is 0.124 e. The molecule has 2 aliphatic rings. The highest BCUT2D eigenvalue weighted by Crippen LogP contribution is 2.55. The molecule has 2 N–H and O–H groups in total. The number of ether oxygens (including phenoxy) is 1. The van der Waals surface area contributed by atoms with Gasteiger partial charge in [0, 0.05) is 18.0 Å². The first-order chi connectivity index (χ1) is 9.60. The molecule has 1 aliphatic carbocycles. The van der Waals surface area contributed by atoms with E-state index in [1.54, 1.807) is 0 Å². The van der Waals surface area contributed by atoms with Gasteiger partial charge in [0.1, 0.15) is 11.4 Å². The zero-order chi connectivity index (χ0) is 15.5. The highest BCUT2D eigenvalue weighted by atomic mass is 16.5. The molecule has 2 nitrogen and oxygen atoms in total. The Kier molecular flexibility index (Phi) is 3.18. The molecule has 1 unspecified atom stereocenters. The number of hydrogen-bond acceptors (Lipinski definition) is 2. The Morgan fingerprint density at radius 1 is 1.05 bits per heavy atom. The zero-order valence-electron chi connectivity index (χ0n) is 14.1. The summed E-state index contributed by atoms with van der Waals surface area (Å²) in [5.41, 5.74) is 9.49. The summed E-state index contributed by atoms with van der Waals surface area (Å²) in [6, 6.07) is 6.52. The topological polar surface area (TPSA) is 35.2 Å². The predicted octanol–water partition coefficient (Wildman–Crippen LogP) is 4.75. The van der Waals surface area contributed by atoms with Gasteiger partial charge in [-0.25, -0.2) is 0 Å². The molecule has 2 heteroatoms. The van der Waals surface area contributed by atoms with Gasteiger partial charge in [-0.05, 0) is 43.1 Å². The Labute approximate surface area is 129 Å². The molecular weight excluding hydrogens is 258 g/mol. The van der Waals surface area contributed by atoms with Crippen molar-refractivity contribution in [3.63, 3.8) is 0 Å². The van der Waals surface area contributed by atoms with E-state index in [4.69, 9.17) is 10.5 Å². The van der Waals surface area contributed by atoms with Crippen LogP contribution in [0.2, 0.25) is 0 Å². The molecule has 1 spiro atoms. The number of hydrogen-bond donors (Lipinski definition) is 1. The Hall–Kier alpha value is -1.02. The lowest BCUT2D eigenvalue weighted by atomic mass is 9.58. The first-order valence-electron chi connectivity index (χ1n) is 8.15. The molecule has 1 fully saturated rings. The van der Waals surface area contributed by atoms with Crippen LogP contribution < -0.4 is 10.5 Å². The lowest BCUT2D eigenvalue weighted by Crippen LogP contribution is -2.52.